The summed E-state index contributed by atoms with van der Waals surface area (Å²) in [6.07, 6.45) is 0. The molecule has 25 heavy (non-hydrogen) atoms. The smallest absolute Gasteiger partial charge is 0.264 e. The van der Waals surface area contributed by atoms with Gasteiger partial charge in [0.15, 0.2) is 0 Å². The van der Waals surface area contributed by atoms with Gasteiger partial charge >= 0.3 is 0 Å². The summed E-state index contributed by atoms with van der Waals surface area (Å²) in [6.45, 7) is 4.21. The number of halogens is 1. The molecule has 3 nitrogen and oxygen atoms in total. The van der Waals surface area contributed by atoms with E-state index in [0.29, 0.717) is 0 Å². The van der Waals surface area contributed by atoms with Crippen LogP contribution in [0.4, 0.5) is 0 Å². The summed E-state index contributed by atoms with van der Waals surface area (Å²) >= 11 is 7.64. The molecule has 2 heterocycles. The molecule has 1 aliphatic rings. The maximum Gasteiger partial charge on any atom is 0.264 e. The molecule has 0 atom stereocenters. The first kappa shape index (κ1) is 16.6. The molecule has 1 fully saturated rings. The fourth-order valence-electron chi connectivity index (χ4n) is 3.25. The second kappa shape index (κ2) is 7.16. The molecule has 0 spiro atoms. The van der Waals surface area contributed by atoms with Gasteiger partial charge in [-0.15, -0.1) is 11.3 Å². The Morgan fingerprint density at radius 2 is 1.80 bits per heavy atom. The van der Waals surface area contributed by atoms with Gasteiger partial charge in [-0.1, -0.05) is 41.9 Å². The number of fused-ring (bicyclic) bond motifs is 1. The summed E-state index contributed by atoms with van der Waals surface area (Å²) in [6, 6.07) is 18.2. The van der Waals surface area contributed by atoms with Crippen LogP contribution >= 0.6 is 22.9 Å². The van der Waals surface area contributed by atoms with Gasteiger partial charge in [-0.2, -0.15) is 0 Å². The average molecular weight is 371 g/mol. The first-order valence-electron chi connectivity index (χ1n) is 8.44. The van der Waals surface area contributed by atoms with Crippen molar-refractivity contribution in [2.75, 3.05) is 26.2 Å². The van der Waals surface area contributed by atoms with Gasteiger partial charge in [0.25, 0.3) is 5.91 Å². The van der Waals surface area contributed by atoms with Crippen LogP contribution in [0.5, 0.6) is 0 Å². The highest BCUT2D eigenvalue weighted by molar-refractivity contribution is 7.20. The Labute approximate surface area is 156 Å². The van der Waals surface area contributed by atoms with Crippen LogP contribution in [0.2, 0.25) is 5.02 Å². The first-order valence-corrected chi connectivity index (χ1v) is 9.63. The van der Waals surface area contributed by atoms with Crippen molar-refractivity contribution in [2.45, 2.75) is 6.54 Å². The van der Waals surface area contributed by atoms with E-state index >= 15 is 0 Å². The minimum atomic E-state index is 0.156. The zero-order chi connectivity index (χ0) is 17.2. The van der Waals surface area contributed by atoms with Crippen LogP contribution in [-0.4, -0.2) is 41.9 Å². The lowest BCUT2D eigenvalue weighted by Crippen LogP contribution is -2.48. The fourth-order valence-corrected chi connectivity index (χ4v) is 4.49. The van der Waals surface area contributed by atoms with Crippen molar-refractivity contribution < 1.29 is 4.79 Å². The van der Waals surface area contributed by atoms with Crippen molar-refractivity contribution in [3.8, 4) is 0 Å². The van der Waals surface area contributed by atoms with Gasteiger partial charge < -0.3 is 4.90 Å². The monoisotopic (exact) mass is 370 g/mol. The highest BCUT2D eigenvalue weighted by Crippen LogP contribution is 2.26. The number of nitrogens with zero attached hydrogens (tertiary/aromatic N) is 2. The number of benzene rings is 2. The Morgan fingerprint density at radius 3 is 2.56 bits per heavy atom. The second-order valence-electron chi connectivity index (χ2n) is 6.35. The van der Waals surface area contributed by atoms with Crippen molar-refractivity contribution in [1.82, 2.24) is 9.80 Å². The number of amides is 1. The number of hydrogen-bond acceptors (Lipinski definition) is 3. The third kappa shape index (κ3) is 3.71. The molecule has 1 aliphatic heterocycles. The Hall–Kier alpha value is -1.88. The lowest BCUT2D eigenvalue weighted by Gasteiger charge is -2.34. The van der Waals surface area contributed by atoms with E-state index in [0.717, 1.165) is 48.0 Å². The molecular weight excluding hydrogens is 352 g/mol. The van der Waals surface area contributed by atoms with Gasteiger partial charge in [0.2, 0.25) is 0 Å². The standard InChI is InChI=1S/C20H19ClN2OS/c21-17-6-3-4-15(12-17)14-22-8-10-23(11-9-22)20(24)19-13-16-5-1-2-7-18(16)25-19/h1-7,12-13H,8-11,14H2. The van der Waals surface area contributed by atoms with Crippen molar-refractivity contribution >= 4 is 38.9 Å². The van der Waals surface area contributed by atoms with E-state index in [4.69, 9.17) is 11.6 Å². The van der Waals surface area contributed by atoms with Gasteiger partial charge in [0.1, 0.15) is 0 Å². The zero-order valence-electron chi connectivity index (χ0n) is 13.8. The van der Waals surface area contributed by atoms with Gasteiger partial charge in [-0.3, -0.25) is 9.69 Å². The largest absolute Gasteiger partial charge is 0.335 e. The van der Waals surface area contributed by atoms with Crippen molar-refractivity contribution in [2.24, 2.45) is 0 Å². The molecule has 0 saturated carbocycles. The van der Waals surface area contributed by atoms with E-state index in [-0.39, 0.29) is 5.91 Å². The molecule has 1 aromatic heterocycles. The molecule has 0 unspecified atom stereocenters. The summed E-state index contributed by atoms with van der Waals surface area (Å²) in [7, 11) is 0. The van der Waals surface area contributed by atoms with E-state index in [2.05, 4.69) is 23.1 Å². The predicted octanol–water partition coefficient (Wildman–Crippen LogP) is 4.51. The minimum absolute atomic E-state index is 0.156. The molecule has 5 heteroatoms. The summed E-state index contributed by atoms with van der Waals surface area (Å²) in [4.78, 5) is 18.0. The number of piperazine rings is 1. The normalized spacial score (nSPS) is 15.6. The highest BCUT2D eigenvalue weighted by Gasteiger charge is 2.23. The number of rotatable bonds is 3. The Balaban J connectivity index is 1.38. The van der Waals surface area contributed by atoms with E-state index in [9.17, 15) is 4.79 Å². The van der Waals surface area contributed by atoms with Crippen LogP contribution in [0.3, 0.4) is 0 Å². The third-order valence-electron chi connectivity index (χ3n) is 4.59. The fraction of sp³-hybridized carbons (Fsp3) is 0.250. The van der Waals surface area contributed by atoms with Gasteiger partial charge in [0.05, 0.1) is 4.88 Å². The summed E-state index contributed by atoms with van der Waals surface area (Å²) in [5, 5.41) is 1.92. The predicted molar refractivity (Wildman–Crippen MR) is 104 cm³/mol. The quantitative estimate of drug-likeness (QED) is 0.677. The topological polar surface area (TPSA) is 23.6 Å². The van der Waals surface area contributed by atoms with Crippen molar-refractivity contribution in [3.05, 3.63) is 70.1 Å². The molecule has 0 radical (unpaired) electrons. The molecule has 1 amide bonds. The summed E-state index contributed by atoms with van der Waals surface area (Å²) in [5.74, 6) is 0.156. The Kier molecular flexibility index (Phi) is 4.75. The molecule has 0 bridgehead atoms. The van der Waals surface area contributed by atoms with E-state index < -0.39 is 0 Å². The Morgan fingerprint density at radius 1 is 1.00 bits per heavy atom. The van der Waals surface area contributed by atoms with E-state index in [1.54, 1.807) is 11.3 Å². The lowest BCUT2D eigenvalue weighted by atomic mass is 10.2. The summed E-state index contributed by atoms with van der Waals surface area (Å²) < 4.78 is 1.17. The zero-order valence-corrected chi connectivity index (χ0v) is 15.4. The van der Waals surface area contributed by atoms with Crippen LogP contribution in [0, 0.1) is 0 Å². The number of thiophene rings is 1. The SMILES string of the molecule is O=C(c1cc2ccccc2s1)N1CCN(Cc2cccc(Cl)c2)CC1. The molecular formula is C20H19ClN2OS. The molecule has 128 valence electrons. The van der Waals surface area contributed by atoms with Gasteiger partial charge in [-0.05, 0) is 35.2 Å². The lowest BCUT2D eigenvalue weighted by molar-refractivity contribution is 0.0633. The molecule has 0 aliphatic carbocycles. The molecule has 1 saturated heterocycles. The first-order chi connectivity index (χ1) is 12.2. The third-order valence-corrected chi connectivity index (χ3v) is 5.93. The van der Waals surface area contributed by atoms with Crippen LogP contribution in [0.1, 0.15) is 15.2 Å². The average Bonchev–Trinajstić information content (AvgIpc) is 3.06. The van der Waals surface area contributed by atoms with Gasteiger partial charge in [-0.25, -0.2) is 0 Å². The molecule has 4 rings (SSSR count). The summed E-state index contributed by atoms with van der Waals surface area (Å²) in [5.41, 5.74) is 1.22. The van der Waals surface area contributed by atoms with Crippen molar-refractivity contribution in [3.63, 3.8) is 0 Å². The molecule has 0 N–H and O–H groups in total. The van der Waals surface area contributed by atoms with Crippen molar-refractivity contribution in [1.29, 1.82) is 0 Å². The highest BCUT2D eigenvalue weighted by atomic mass is 35.5. The molecule has 2 aromatic carbocycles. The van der Waals surface area contributed by atoms with Gasteiger partial charge in [0, 0.05) is 42.4 Å². The maximum atomic E-state index is 12.8. The van der Waals surface area contributed by atoms with Crippen LogP contribution in [0.15, 0.2) is 54.6 Å². The van der Waals surface area contributed by atoms with Crippen LogP contribution in [-0.2, 0) is 6.54 Å². The van der Waals surface area contributed by atoms with E-state index in [1.165, 1.54) is 10.3 Å². The number of hydrogen-bond donors (Lipinski definition) is 0. The molecule has 3 aromatic rings. The second-order valence-corrected chi connectivity index (χ2v) is 7.87. The van der Waals surface area contributed by atoms with Crippen LogP contribution < -0.4 is 0 Å². The number of carbonyl (C=O) groups excluding carboxylic acids is 1. The minimum Gasteiger partial charge on any atom is -0.335 e. The van der Waals surface area contributed by atoms with E-state index in [1.807, 2.05) is 41.3 Å². The maximum absolute atomic E-state index is 12.8. The Bertz CT molecular complexity index is 866. The van der Waals surface area contributed by atoms with Crippen LogP contribution in [0.25, 0.3) is 10.1 Å². The number of carbonyl (C=O) groups is 1.